The van der Waals surface area contributed by atoms with Gasteiger partial charge in [0.15, 0.2) is 5.60 Å². The first-order valence-corrected chi connectivity index (χ1v) is 11.5. The molecule has 0 saturated carbocycles. The summed E-state index contributed by atoms with van der Waals surface area (Å²) in [6, 6.07) is 20.7. The summed E-state index contributed by atoms with van der Waals surface area (Å²) in [6.07, 6.45) is 0. The molecule has 0 aliphatic rings. The molecule has 0 amide bonds. The molecule has 4 nitrogen and oxygen atoms in total. The quantitative estimate of drug-likeness (QED) is 0.245. The molecule has 34 heavy (non-hydrogen) atoms. The van der Waals surface area contributed by atoms with Crippen LogP contribution in [0.15, 0.2) is 102 Å². The predicted octanol–water partition coefficient (Wildman–Crippen LogP) is 5.81. The smallest absolute Gasteiger partial charge is 0.298 e. The highest BCUT2D eigenvalue weighted by Gasteiger charge is 2.43. The van der Waals surface area contributed by atoms with E-state index in [9.17, 15) is 21.6 Å². The predicted molar refractivity (Wildman–Crippen MR) is 120 cm³/mol. The molecule has 174 valence electrons. The third-order valence-corrected chi connectivity index (χ3v) is 6.65. The molecule has 8 heteroatoms. The Labute approximate surface area is 195 Å². The van der Waals surface area contributed by atoms with Crippen LogP contribution in [-0.4, -0.2) is 15.5 Å². The molecule has 0 N–H and O–H groups in total. The van der Waals surface area contributed by atoms with Crippen molar-refractivity contribution in [2.24, 2.45) is 0 Å². The van der Waals surface area contributed by atoms with Crippen LogP contribution in [0.4, 0.5) is 13.2 Å². The van der Waals surface area contributed by atoms with Crippen LogP contribution in [0.2, 0.25) is 0 Å². The van der Waals surface area contributed by atoms with Crippen molar-refractivity contribution in [1.29, 1.82) is 0 Å². The van der Waals surface area contributed by atoms with Gasteiger partial charge in [-0.25, -0.2) is 17.4 Å². The van der Waals surface area contributed by atoms with Crippen molar-refractivity contribution in [3.05, 3.63) is 131 Å². The Hall–Kier alpha value is -3.62. The molecule has 0 bridgehead atoms. The van der Waals surface area contributed by atoms with Crippen LogP contribution in [0.3, 0.4) is 0 Å². The van der Waals surface area contributed by atoms with Crippen LogP contribution >= 0.6 is 0 Å². The molecule has 0 aliphatic carbocycles. The number of methoxy groups -OCH3 is 1. The molecule has 4 rings (SSSR count). The van der Waals surface area contributed by atoms with Gasteiger partial charge in [0, 0.05) is 0 Å². The van der Waals surface area contributed by atoms with E-state index in [1.54, 1.807) is 0 Å². The summed E-state index contributed by atoms with van der Waals surface area (Å²) in [5.41, 5.74) is -1.16. The summed E-state index contributed by atoms with van der Waals surface area (Å²) < 4.78 is 79.3. The number of hydrogen-bond acceptors (Lipinski definition) is 4. The van der Waals surface area contributed by atoms with Gasteiger partial charge in [-0.1, -0.05) is 36.4 Å². The van der Waals surface area contributed by atoms with E-state index in [4.69, 9.17) is 8.92 Å². The maximum absolute atomic E-state index is 13.8. The first-order chi connectivity index (χ1) is 16.2. The molecule has 0 fully saturated rings. The summed E-state index contributed by atoms with van der Waals surface area (Å²) in [6.45, 7) is 0. The van der Waals surface area contributed by atoms with E-state index in [-0.39, 0.29) is 21.6 Å². The van der Waals surface area contributed by atoms with Crippen LogP contribution in [0.1, 0.15) is 16.7 Å². The van der Waals surface area contributed by atoms with Crippen molar-refractivity contribution in [2.75, 3.05) is 7.11 Å². The van der Waals surface area contributed by atoms with Gasteiger partial charge in [-0.3, -0.25) is 0 Å². The lowest BCUT2D eigenvalue weighted by atomic mass is 9.80. The van der Waals surface area contributed by atoms with Gasteiger partial charge in [-0.2, -0.15) is 8.42 Å². The highest BCUT2D eigenvalue weighted by molar-refractivity contribution is 7.86. The fourth-order valence-electron chi connectivity index (χ4n) is 3.65. The van der Waals surface area contributed by atoms with Crippen LogP contribution in [0.5, 0.6) is 5.75 Å². The van der Waals surface area contributed by atoms with E-state index in [2.05, 4.69) is 0 Å². The van der Waals surface area contributed by atoms with Crippen molar-refractivity contribution in [1.82, 2.24) is 0 Å². The van der Waals surface area contributed by atoms with Gasteiger partial charge < -0.3 is 4.74 Å². The Morgan fingerprint density at radius 1 is 0.588 bits per heavy atom. The maximum Gasteiger partial charge on any atom is 0.298 e. The van der Waals surface area contributed by atoms with Crippen molar-refractivity contribution in [3.63, 3.8) is 0 Å². The molecule has 0 heterocycles. The van der Waals surface area contributed by atoms with Gasteiger partial charge >= 0.3 is 0 Å². The molecular formula is C26H19F3O4S. The third kappa shape index (κ3) is 4.55. The lowest BCUT2D eigenvalue weighted by molar-refractivity contribution is 0.163. The lowest BCUT2D eigenvalue weighted by Crippen LogP contribution is -2.35. The molecule has 4 aromatic rings. The Morgan fingerprint density at radius 3 is 1.26 bits per heavy atom. The molecule has 4 aromatic carbocycles. The first-order valence-electron chi connectivity index (χ1n) is 10.1. The van der Waals surface area contributed by atoms with E-state index >= 15 is 0 Å². The molecule has 0 saturated heterocycles. The van der Waals surface area contributed by atoms with Gasteiger partial charge in [-0.15, -0.1) is 0 Å². The first kappa shape index (κ1) is 23.5. The van der Waals surface area contributed by atoms with Crippen molar-refractivity contribution in [3.8, 4) is 5.75 Å². The standard InChI is InChI=1S/C26H19F3O4S/c1-32-24-14-16-25(17-15-24)34(30,31)33-26(18-2-8-21(27)9-3-18,19-4-10-22(28)11-5-19)20-6-12-23(29)13-7-20/h2-17H,1H3. The van der Waals surface area contributed by atoms with Gasteiger partial charge in [0.2, 0.25) is 0 Å². The largest absolute Gasteiger partial charge is 0.497 e. The number of ether oxygens (including phenoxy) is 1. The normalized spacial score (nSPS) is 11.9. The van der Waals surface area contributed by atoms with Crippen molar-refractivity contribution < 1.29 is 30.5 Å². The van der Waals surface area contributed by atoms with Crippen molar-refractivity contribution in [2.45, 2.75) is 10.5 Å². The molecule has 0 atom stereocenters. The fourth-order valence-corrected chi connectivity index (χ4v) is 4.84. The minimum atomic E-state index is -4.45. The number of hydrogen-bond donors (Lipinski definition) is 0. The van der Waals surface area contributed by atoms with Crippen LogP contribution < -0.4 is 4.74 Å². The van der Waals surface area contributed by atoms with Gasteiger partial charge in [-0.05, 0) is 77.4 Å². The fraction of sp³-hybridized carbons (Fsp3) is 0.0769. The van der Waals surface area contributed by atoms with Gasteiger partial charge in [0.25, 0.3) is 10.1 Å². The minimum absolute atomic E-state index is 0.163. The average Bonchev–Trinajstić information content (AvgIpc) is 2.84. The second-order valence-electron chi connectivity index (χ2n) is 7.41. The summed E-state index contributed by atoms with van der Waals surface area (Å²) in [5.74, 6) is -1.20. The zero-order valence-corrected chi connectivity index (χ0v) is 18.7. The SMILES string of the molecule is COc1ccc(S(=O)(=O)OC(c2ccc(F)cc2)(c2ccc(F)cc2)c2ccc(F)cc2)cc1. The number of halogens is 3. The van der Waals surface area contributed by atoms with E-state index < -0.39 is 33.2 Å². The Morgan fingerprint density at radius 2 is 0.941 bits per heavy atom. The van der Waals surface area contributed by atoms with Crippen LogP contribution in [-0.2, 0) is 19.9 Å². The second-order valence-corrected chi connectivity index (χ2v) is 8.96. The van der Waals surface area contributed by atoms with E-state index in [1.807, 2.05) is 0 Å². The Balaban J connectivity index is 1.99. The zero-order chi connectivity index (χ0) is 24.3. The van der Waals surface area contributed by atoms with E-state index in [0.29, 0.717) is 5.75 Å². The highest BCUT2D eigenvalue weighted by atomic mass is 32.2. The Kier molecular flexibility index (Phi) is 6.45. The highest BCUT2D eigenvalue weighted by Crippen LogP contribution is 2.43. The number of benzene rings is 4. The third-order valence-electron chi connectivity index (χ3n) is 5.34. The average molecular weight is 484 g/mol. The van der Waals surface area contributed by atoms with Crippen LogP contribution in [0.25, 0.3) is 0 Å². The van der Waals surface area contributed by atoms with Gasteiger partial charge in [0.1, 0.15) is 23.2 Å². The van der Waals surface area contributed by atoms with Crippen molar-refractivity contribution >= 4 is 10.1 Å². The van der Waals surface area contributed by atoms with Gasteiger partial charge in [0.05, 0.1) is 12.0 Å². The summed E-state index contributed by atoms with van der Waals surface area (Å²) >= 11 is 0. The summed E-state index contributed by atoms with van der Waals surface area (Å²) in [5, 5.41) is 0. The molecule has 0 radical (unpaired) electrons. The van der Waals surface area contributed by atoms with E-state index in [0.717, 1.165) is 36.4 Å². The lowest BCUT2D eigenvalue weighted by Gasteiger charge is -2.35. The van der Waals surface area contributed by atoms with E-state index in [1.165, 1.54) is 67.8 Å². The Bertz CT molecular complexity index is 1260. The number of rotatable bonds is 7. The second kappa shape index (κ2) is 9.32. The monoisotopic (exact) mass is 484 g/mol. The molecule has 0 spiro atoms. The minimum Gasteiger partial charge on any atom is -0.497 e. The summed E-state index contributed by atoms with van der Waals surface area (Å²) in [4.78, 5) is -0.163. The summed E-state index contributed by atoms with van der Waals surface area (Å²) in [7, 11) is -3.01. The zero-order valence-electron chi connectivity index (χ0n) is 17.9. The molecule has 0 aliphatic heterocycles. The maximum atomic E-state index is 13.8. The molecule has 0 aromatic heterocycles. The molecule has 0 unspecified atom stereocenters. The topological polar surface area (TPSA) is 52.6 Å². The van der Waals surface area contributed by atoms with Crippen LogP contribution in [0, 0.1) is 17.5 Å². The molecular weight excluding hydrogens is 465 g/mol.